The number of anilines is 3. The predicted molar refractivity (Wildman–Crippen MR) is 76.0 cm³/mol. The van der Waals surface area contributed by atoms with Gasteiger partial charge < -0.3 is 9.64 Å². The number of hydrogen-bond acceptors (Lipinski definition) is 7. The Labute approximate surface area is 116 Å². The van der Waals surface area contributed by atoms with Crippen molar-refractivity contribution in [1.82, 2.24) is 15.0 Å². The van der Waals surface area contributed by atoms with Crippen molar-refractivity contribution in [3.8, 4) is 6.01 Å². The fraction of sp³-hybridized carbons (Fsp3) is 0.308. The van der Waals surface area contributed by atoms with Crippen molar-refractivity contribution in [1.29, 1.82) is 0 Å². The molecule has 0 saturated carbocycles. The number of aryl methyl sites for hydroxylation is 1. The number of aromatic nitrogens is 3. The quantitative estimate of drug-likeness (QED) is 0.642. The molecule has 0 amide bonds. The molecular weight excluding hydrogens is 256 g/mol. The van der Waals surface area contributed by atoms with Crippen LogP contribution in [0.25, 0.3) is 0 Å². The molecule has 104 valence electrons. The minimum absolute atomic E-state index is 0.242. The third-order valence-electron chi connectivity index (χ3n) is 3.27. The number of benzene rings is 1. The molecule has 0 saturated heterocycles. The SMILES string of the molecule is COc1nc(NN)nc(N2CCCc3ccccc32)n1. The van der Waals surface area contributed by atoms with Gasteiger partial charge in [0.15, 0.2) is 0 Å². The Morgan fingerprint density at radius 1 is 1.25 bits per heavy atom. The van der Waals surface area contributed by atoms with Crippen molar-refractivity contribution in [2.45, 2.75) is 12.8 Å². The summed E-state index contributed by atoms with van der Waals surface area (Å²) in [5, 5.41) is 0. The minimum atomic E-state index is 0.242. The number of fused-ring (bicyclic) bond motifs is 1. The smallest absolute Gasteiger partial charge is 0.322 e. The largest absolute Gasteiger partial charge is 0.467 e. The highest BCUT2D eigenvalue weighted by atomic mass is 16.5. The van der Waals surface area contributed by atoms with Gasteiger partial charge in [0.25, 0.3) is 0 Å². The van der Waals surface area contributed by atoms with E-state index < -0.39 is 0 Å². The highest BCUT2D eigenvalue weighted by molar-refractivity contribution is 5.63. The fourth-order valence-electron chi connectivity index (χ4n) is 2.36. The van der Waals surface area contributed by atoms with Gasteiger partial charge in [0.1, 0.15) is 0 Å². The Balaban J connectivity index is 2.05. The van der Waals surface area contributed by atoms with Crippen LogP contribution >= 0.6 is 0 Å². The molecule has 1 aromatic carbocycles. The van der Waals surface area contributed by atoms with Crippen LogP contribution in [-0.2, 0) is 6.42 Å². The van der Waals surface area contributed by atoms with Crippen molar-refractivity contribution in [3.63, 3.8) is 0 Å². The van der Waals surface area contributed by atoms with Crippen LogP contribution in [0, 0.1) is 0 Å². The van der Waals surface area contributed by atoms with Gasteiger partial charge in [0, 0.05) is 12.2 Å². The van der Waals surface area contributed by atoms with Gasteiger partial charge in [-0.25, -0.2) is 5.84 Å². The van der Waals surface area contributed by atoms with Gasteiger partial charge in [0.2, 0.25) is 11.9 Å². The maximum absolute atomic E-state index is 5.39. The van der Waals surface area contributed by atoms with Crippen LogP contribution in [0.3, 0.4) is 0 Å². The van der Waals surface area contributed by atoms with Crippen molar-refractivity contribution >= 4 is 17.6 Å². The van der Waals surface area contributed by atoms with Crippen molar-refractivity contribution < 1.29 is 4.74 Å². The predicted octanol–water partition coefficient (Wildman–Crippen LogP) is 1.25. The molecule has 3 rings (SSSR count). The summed E-state index contributed by atoms with van der Waals surface area (Å²) >= 11 is 0. The minimum Gasteiger partial charge on any atom is -0.467 e. The molecule has 0 aliphatic carbocycles. The van der Waals surface area contributed by atoms with E-state index in [1.807, 2.05) is 12.1 Å². The first-order valence-corrected chi connectivity index (χ1v) is 6.44. The molecule has 1 aliphatic heterocycles. The van der Waals surface area contributed by atoms with Gasteiger partial charge in [-0.05, 0) is 24.5 Å². The van der Waals surface area contributed by atoms with Gasteiger partial charge in [-0.3, -0.25) is 5.43 Å². The highest BCUT2D eigenvalue weighted by Gasteiger charge is 2.21. The Kier molecular flexibility index (Phi) is 3.34. The summed E-state index contributed by atoms with van der Waals surface area (Å²) in [6, 6.07) is 8.49. The number of rotatable bonds is 3. The van der Waals surface area contributed by atoms with Gasteiger partial charge in [-0.2, -0.15) is 15.0 Å². The number of nitrogens with two attached hydrogens (primary N) is 1. The lowest BCUT2D eigenvalue weighted by Crippen LogP contribution is -2.27. The van der Waals surface area contributed by atoms with Crippen LogP contribution in [0.1, 0.15) is 12.0 Å². The second kappa shape index (κ2) is 5.30. The standard InChI is InChI=1S/C13H16N6O/c1-20-13-16-11(18-14)15-12(17-13)19-8-4-6-9-5-2-3-7-10(9)19/h2-3,5,7H,4,6,8,14H2,1H3,(H,15,16,17,18). The van der Waals surface area contributed by atoms with E-state index in [4.69, 9.17) is 10.6 Å². The summed E-state index contributed by atoms with van der Waals surface area (Å²) in [6.45, 7) is 0.855. The van der Waals surface area contributed by atoms with Crippen LogP contribution in [0.15, 0.2) is 24.3 Å². The number of hydrazine groups is 1. The van der Waals surface area contributed by atoms with Crippen LogP contribution in [0.4, 0.5) is 17.6 Å². The average Bonchev–Trinajstić information content (AvgIpc) is 2.53. The van der Waals surface area contributed by atoms with E-state index in [1.165, 1.54) is 12.7 Å². The molecule has 0 bridgehead atoms. The van der Waals surface area contributed by atoms with Gasteiger partial charge >= 0.3 is 6.01 Å². The Morgan fingerprint density at radius 2 is 2.10 bits per heavy atom. The third kappa shape index (κ3) is 2.23. The highest BCUT2D eigenvalue weighted by Crippen LogP contribution is 2.31. The zero-order valence-electron chi connectivity index (χ0n) is 11.2. The normalized spacial score (nSPS) is 13.8. The summed E-state index contributed by atoms with van der Waals surface area (Å²) in [4.78, 5) is 14.7. The molecule has 1 aromatic heterocycles. The first-order chi connectivity index (χ1) is 9.81. The molecule has 2 heterocycles. The van der Waals surface area contributed by atoms with E-state index in [1.54, 1.807) is 0 Å². The average molecular weight is 272 g/mol. The summed E-state index contributed by atoms with van der Waals surface area (Å²) in [6.07, 6.45) is 2.12. The molecule has 7 nitrogen and oxygen atoms in total. The van der Waals surface area contributed by atoms with Gasteiger partial charge in [0.05, 0.1) is 7.11 Å². The number of ether oxygens (including phenoxy) is 1. The molecule has 0 atom stereocenters. The maximum Gasteiger partial charge on any atom is 0.322 e. The molecule has 2 aromatic rings. The van der Waals surface area contributed by atoms with Crippen molar-refractivity contribution in [2.24, 2.45) is 5.84 Å². The van der Waals surface area contributed by atoms with E-state index in [-0.39, 0.29) is 12.0 Å². The van der Waals surface area contributed by atoms with Gasteiger partial charge in [-0.1, -0.05) is 18.2 Å². The Bertz CT molecular complexity index is 595. The molecule has 3 N–H and O–H groups in total. The topological polar surface area (TPSA) is 89.2 Å². The molecule has 0 fully saturated rings. The molecule has 0 unspecified atom stereocenters. The Morgan fingerprint density at radius 3 is 2.90 bits per heavy atom. The number of nitrogen functional groups attached to an aromatic ring is 1. The maximum atomic E-state index is 5.39. The number of nitrogens with one attached hydrogen (secondary N) is 1. The second-order valence-electron chi connectivity index (χ2n) is 4.47. The summed E-state index contributed by atoms with van der Waals surface area (Å²) in [5.74, 6) is 6.22. The summed E-state index contributed by atoms with van der Waals surface area (Å²) in [7, 11) is 1.52. The van der Waals surface area contributed by atoms with Crippen molar-refractivity contribution in [3.05, 3.63) is 29.8 Å². The van der Waals surface area contributed by atoms with E-state index in [2.05, 4.69) is 37.4 Å². The molecule has 20 heavy (non-hydrogen) atoms. The fourth-order valence-corrected chi connectivity index (χ4v) is 2.36. The first-order valence-electron chi connectivity index (χ1n) is 6.44. The lowest BCUT2D eigenvalue weighted by Gasteiger charge is -2.29. The van der Waals surface area contributed by atoms with Crippen LogP contribution < -0.4 is 20.9 Å². The summed E-state index contributed by atoms with van der Waals surface area (Å²) in [5.41, 5.74) is 4.85. The molecule has 0 spiro atoms. The van der Waals surface area contributed by atoms with E-state index in [0.717, 1.165) is 25.1 Å². The number of hydrogen-bond donors (Lipinski definition) is 2. The number of methoxy groups -OCH3 is 1. The number of para-hydroxylation sites is 1. The Hall–Kier alpha value is -2.41. The van der Waals surface area contributed by atoms with Crippen LogP contribution in [0.2, 0.25) is 0 Å². The third-order valence-corrected chi connectivity index (χ3v) is 3.27. The lowest BCUT2D eigenvalue weighted by molar-refractivity contribution is 0.379. The summed E-state index contributed by atoms with van der Waals surface area (Å²) < 4.78 is 5.09. The second-order valence-corrected chi connectivity index (χ2v) is 4.47. The molecule has 1 aliphatic rings. The number of nitrogens with zero attached hydrogens (tertiary/aromatic N) is 4. The van der Waals surface area contributed by atoms with E-state index in [9.17, 15) is 0 Å². The van der Waals surface area contributed by atoms with E-state index in [0.29, 0.717) is 5.95 Å². The molecule has 7 heteroatoms. The van der Waals surface area contributed by atoms with E-state index >= 15 is 0 Å². The zero-order chi connectivity index (χ0) is 13.9. The molecular formula is C13H16N6O. The monoisotopic (exact) mass is 272 g/mol. The molecule has 0 radical (unpaired) electrons. The lowest BCUT2D eigenvalue weighted by atomic mass is 10.0. The van der Waals surface area contributed by atoms with Gasteiger partial charge in [-0.15, -0.1) is 0 Å². The van der Waals surface area contributed by atoms with Crippen LogP contribution in [-0.4, -0.2) is 28.6 Å². The zero-order valence-corrected chi connectivity index (χ0v) is 11.2. The van der Waals surface area contributed by atoms with Crippen molar-refractivity contribution in [2.75, 3.05) is 24.0 Å². The van der Waals surface area contributed by atoms with Crippen LogP contribution in [0.5, 0.6) is 6.01 Å². The first kappa shape index (κ1) is 12.6.